The van der Waals surface area contributed by atoms with Crippen molar-refractivity contribution in [1.29, 1.82) is 0 Å². The van der Waals surface area contributed by atoms with Gasteiger partial charge in [-0.3, -0.25) is 4.79 Å². The number of aryl methyl sites for hydroxylation is 1. The van der Waals surface area contributed by atoms with Gasteiger partial charge in [-0.1, -0.05) is 31.1 Å². The average Bonchev–Trinajstić information content (AvgIpc) is 3.24. The van der Waals surface area contributed by atoms with Crippen molar-refractivity contribution in [3.05, 3.63) is 59.8 Å². The van der Waals surface area contributed by atoms with E-state index >= 15 is 0 Å². The first-order valence-corrected chi connectivity index (χ1v) is 9.93. The molecule has 2 heterocycles. The summed E-state index contributed by atoms with van der Waals surface area (Å²) in [5.41, 5.74) is 1.90. The van der Waals surface area contributed by atoms with E-state index in [1.165, 1.54) is 11.8 Å². The third-order valence-corrected chi connectivity index (χ3v) is 4.79. The number of carbonyl (C=O) groups excluding carboxylic acids is 1. The van der Waals surface area contributed by atoms with Crippen LogP contribution in [0.3, 0.4) is 0 Å². The molecule has 0 atom stereocenters. The van der Waals surface area contributed by atoms with Gasteiger partial charge in [-0.25, -0.2) is 4.98 Å². The van der Waals surface area contributed by atoms with Crippen LogP contribution in [0.5, 0.6) is 0 Å². The van der Waals surface area contributed by atoms with E-state index in [4.69, 9.17) is 4.52 Å². The van der Waals surface area contributed by atoms with Gasteiger partial charge in [-0.15, -0.1) is 11.8 Å². The first-order valence-electron chi connectivity index (χ1n) is 8.78. The molecule has 1 N–H and O–H groups in total. The average molecular weight is 385 g/mol. The second kappa shape index (κ2) is 8.85. The standard InChI is InChI=1S/C19H23N5O2S/c1-13(2)19-20-7-8-24(19)10-15-5-4-6-16(9-15)22-18(25)12-27-11-17-21-14(3)26-23-17/h4-9,13H,10-12H2,1-3H3,(H,22,25). The monoisotopic (exact) mass is 385 g/mol. The van der Waals surface area contributed by atoms with Gasteiger partial charge in [0.15, 0.2) is 5.82 Å². The van der Waals surface area contributed by atoms with E-state index < -0.39 is 0 Å². The minimum atomic E-state index is -0.0529. The molecule has 27 heavy (non-hydrogen) atoms. The zero-order valence-electron chi connectivity index (χ0n) is 15.7. The maximum Gasteiger partial charge on any atom is 0.234 e. The van der Waals surface area contributed by atoms with Crippen LogP contribution in [0.15, 0.2) is 41.2 Å². The highest BCUT2D eigenvalue weighted by Gasteiger charge is 2.09. The first kappa shape index (κ1) is 19.2. The van der Waals surface area contributed by atoms with Gasteiger partial charge in [-0.05, 0) is 17.7 Å². The molecule has 0 fully saturated rings. The van der Waals surface area contributed by atoms with Gasteiger partial charge in [0.2, 0.25) is 11.8 Å². The SMILES string of the molecule is Cc1nc(CSCC(=O)Nc2cccc(Cn3ccnc3C(C)C)c2)no1. The smallest absolute Gasteiger partial charge is 0.234 e. The van der Waals surface area contributed by atoms with Crippen molar-refractivity contribution in [1.82, 2.24) is 19.7 Å². The zero-order valence-corrected chi connectivity index (χ0v) is 16.5. The van der Waals surface area contributed by atoms with Crippen molar-refractivity contribution >= 4 is 23.4 Å². The Kier molecular flexibility index (Phi) is 6.28. The predicted molar refractivity (Wildman–Crippen MR) is 106 cm³/mol. The van der Waals surface area contributed by atoms with Gasteiger partial charge in [0.05, 0.1) is 11.5 Å². The highest BCUT2D eigenvalue weighted by molar-refractivity contribution is 7.99. The molecule has 7 nitrogen and oxygen atoms in total. The Labute approximate surface area is 162 Å². The lowest BCUT2D eigenvalue weighted by Gasteiger charge is -2.12. The summed E-state index contributed by atoms with van der Waals surface area (Å²) in [5, 5.41) is 6.76. The fourth-order valence-corrected chi connectivity index (χ4v) is 3.39. The number of anilines is 1. The van der Waals surface area contributed by atoms with Crippen molar-refractivity contribution in [2.75, 3.05) is 11.1 Å². The van der Waals surface area contributed by atoms with E-state index in [1.807, 2.05) is 36.7 Å². The van der Waals surface area contributed by atoms with Crippen molar-refractivity contribution in [3.8, 4) is 0 Å². The number of nitrogens with zero attached hydrogens (tertiary/aromatic N) is 4. The molecule has 0 aliphatic carbocycles. The fraction of sp³-hybridized carbons (Fsp3) is 0.368. The second-order valence-electron chi connectivity index (χ2n) is 6.54. The summed E-state index contributed by atoms with van der Waals surface area (Å²) in [4.78, 5) is 20.7. The van der Waals surface area contributed by atoms with Gasteiger partial charge < -0.3 is 14.4 Å². The largest absolute Gasteiger partial charge is 0.340 e. The number of carbonyl (C=O) groups is 1. The Balaban J connectivity index is 1.53. The van der Waals surface area contributed by atoms with Crippen molar-refractivity contribution in [3.63, 3.8) is 0 Å². The molecule has 1 aromatic carbocycles. The fourth-order valence-electron chi connectivity index (χ4n) is 2.73. The van der Waals surface area contributed by atoms with Crippen molar-refractivity contribution in [2.24, 2.45) is 0 Å². The number of aromatic nitrogens is 4. The highest BCUT2D eigenvalue weighted by atomic mass is 32.2. The number of hydrogen-bond acceptors (Lipinski definition) is 6. The molecule has 2 aromatic heterocycles. The molecule has 0 spiro atoms. The van der Waals surface area contributed by atoms with Gasteiger partial charge in [0.25, 0.3) is 0 Å². The molecule has 0 saturated heterocycles. The molecule has 0 bridgehead atoms. The number of imidazole rings is 1. The summed E-state index contributed by atoms with van der Waals surface area (Å²) >= 11 is 1.45. The lowest BCUT2D eigenvalue weighted by atomic mass is 10.1. The van der Waals surface area contributed by atoms with Gasteiger partial charge in [0, 0.05) is 37.5 Å². The zero-order chi connectivity index (χ0) is 19.2. The van der Waals surface area contributed by atoms with Crippen LogP contribution >= 0.6 is 11.8 Å². The molecular formula is C19H23N5O2S. The maximum atomic E-state index is 12.2. The Morgan fingerprint density at radius 3 is 2.96 bits per heavy atom. The lowest BCUT2D eigenvalue weighted by molar-refractivity contribution is -0.113. The second-order valence-corrected chi connectivity index (χ2v) is 7.52. The Bertz CT molecular complexity index is 903. The molecule has 8 heteroatoms. The molecule has 0 aliphatic heterocycles. The van der Waals surface area contributed by atoms with Crippen LogP contribution in [-0.2, 0) is 17.1 Å². The van der Waals surface area contributed by atoms with Crippen LogP contribution in [0.2, 0.25) is 0 Å². The summed E-state index contributed by atoms with van der Waals surface area (Å²) < 4.78 is 7.05. The minimum absolute atomic E-state index is 0.0529. The lowest BCUT2D eigenvalue weighted by Crippen LogP contribution is -2.14. The molecule has 0 unspecified atom stereocenters. The van der Waals surface area contributed by atoms with Crippen LogP contribution in [0, 0.1) is 6.92 Å². The van der Waals surface area contributed by atoms with E-state index in [2.05, 4.69) is 38.9 Å². The van der Waals surface area contributed by atoms with E-state index in [0.29, 0.717) is 29.1 Å². The highest BCUT2D eigenvalue weighted by Crippen LogP contribution is 2.17. The van der Waals surface area contributed by atoms with Gasteiger partial charge in [0.1, 0.15) is 5.82 Å². The Morgan fingerprint density at radius 1 is 1.37 bits per heavy atom. The van der Waals surface area contributed by atoms with E-state index in [9.17, 15) is 4.79 Å². The van der Waals surface area contributed by atoms with Crippen LogP contribution in [-0.4, -0.2) is 31.4 Å². The molecule has 0 saturated carbocycles. The third kappa shape index (κ3) is 5.43. The summed E-state index contributed by atoms with van der Waals surface area (Å²) in [6.07, 6.45) is 3.81. The number of nitrogens with one attached hydrogen (secondary N) is 1. The summed E-state index contributed by atoms with van der Waals surface area (Å²) in [5.74, 6) is 3.38. The molecule has 3 aromatic rings. The molecule has 0 radical (unpaired) electrons. The van der Waals surface area contributed by atoms with Gasteiger partial charge in [-0.2, -0.15) is 4.98 Å². The molecular weight excluding hydrogens is 362 g/mol. The minimum Gasteiger partial charge on any atom is -0.340 e. The molecule has 1 amide bonds. The molecule has 0 aliphatic rings. The Morgan fingerprint density at radius 2 is 2.22 bits per heavy atom. The topological polar surface area (TPSA) is 85.8 Å². The van der Waals surface area contributed by atoms with E-state index in [1.54, 1.807) is 6.92 Å². The predicted octanol–water partition coefficient (Wildman–Crippen LogP) is 3.62. The van der Waals surface area contributed by atoms with Crippen LogP contribution < -0.4 is 5.32 Å². The van der Waals surface area contributed by atoms with E-state index in [-0.39, 0.29) is 5.91 Å². The maximum absolute atomic E-state index is 12.2. The van der Waals surface area contributed by atoms with Crippen LogP contribution in [0.4, 0.5) is 5.69 Å². The first-order chi connectivity index (χ1) is 13.0. The normalized spacial score (nSPS) is 11.1. The van der Waals surface area contributed by atoms with Crippen LogP contribution in [0.1, 0.15) is 42.9 Å². The number of hydrogen-bond donors (Lipinski definition) is 1. The Hall–Kier alpha value is -2.61. The van der Waals surface area contributed by atoms with Crippen molar-refractivity contribution in [2.45, 2.75) is 39.0 Å². The number of benzene rings is 1. The molecule has 142 valence electrons. The number of amides is 1. The third-order valence-electron chi connectivity index (χ3n) is 3.86. The quantitative estimate of drug-likeness (QED) is 0.637. The summed E-state index contributed by atoms with van der Waals surface area (Å²) in [6, 6.07) is 7.89. The summed E-state index contributed by atoms with van der Waals surface area (Å²) in [7, 11) is 0. The van der Waals surface area contributed by atoms with E-state index in [0.717, 1.165) is 23.6 Å². The van der Waals surface area contributed by atoms with Crippen molar-refractivity contribution < 1.29 is 9.32 Å². The van der Waals surface area contributed by atoms with Gasteiger partial charge >= 0.3 is 0 Å². The molecule has 3 rings (SSSR count). The summed E-state index contributed by atoms with van der Waals surface area (Å²) in [6.45, 7) is 6.73. The van der Waals surface area contributed by atoms with Crippen LogP contribution in [0.25, 0.3) is 0 Å². The number of rotatable bonds is 8. The number of thioether (sulfide) groups is 1.